The molecule has 0 heterocycles. The standard InChI is InChI=1S/C6H7.CH3.2ClH.Ti/c1-6-4-2-3-5-6;;;;/h2-4H,1,5H2;1H3;2*1H;/q2*-1;;;+4/p-2. The third kappa shape index (κ3) is 8.64. The van der Waals surface area contributed by atoms with Gasteiger partial charge in [0, 0.05) is 0 Å². The van der Waals surface area contributed by atoms with E-state index in [0.717, 1.165) is 6.42 Å². The maximum atomic E-state index is 3.74. The molecule has 0 saturated heterocycles. The summed E-state index contributed by atoms with van der Waals surface area (Å²) in [6.45, 7) is 3.74. The average Bonchev–Trinajstić information content (AvgIpc) is 1.86. The van der Waals surface area contributed by atoms with Crippen LogP contribution in [0.5, 0.6) is 0 Å². The fourth-order valence-corrected chi connectivity index (χ4v) is 0.492. The smallest absolute Gasteiger partial charge is 1.00 e. The topological polar surface area (TPSA) is 0 Å². The third-order valence-corrected chi connectivity index (χ3v) is 0.848. The van der Waals surface area contributed by atoms with Gasteiger partial charge in [-0.1, -0.05) is 0 Å². The molecule has 0 bridgehead atoms. The van der Waals surface area contributed by atoms with Gasteiger partial charge in [0.2, 0.25) is 0 Å². The summed E-state index contributed by atoms with van der Waals surface area (Å²) in [5.74, 6) is 0. The number of rotatable bonds is 0. The predicted molar refractivity (Wildman–Crippen MR) is 33.6 cm³/mol. The van der Waals surface area contributed by atoms with Crippen molar-refractivity contribution in [3.63, 3.8) is 0 Å². The van der Waals surface area contributed by atoms with Crippen molar-refractivity contribution in [3.05, 3.63) is 38.2 Å². The number of hydrogen-bond acceptors (Lipinski definition) is 0. The van der Waals surface area contributed by atoms with Gasteiger partial charge in [-0.15, -0.1) is 12.2 Å². The number of allylic oxidation sites excluding steroid dienone is 4. The van der Waals surface area contributed by atoms with Gasteiger partial charge in [-0.25, -0.2) is 18.6 Å². The van der Waals surface area contributed by atoms with Crippen molar-refractivity contribution in [2.75, 3.05) is 0 Å². The first-order valence-electron chi connectivity index (χ1n) is 2.07. The monoisotopic (exact) mass is 212 g/mol. The zero-order chi connectivity index (χ0) is 4.41. The Morgan fingerprint density at radius 2 is 1.80 bits per heavy atom. The Labute approximate surface area is 90.9 Å². The van der Waals surface area contributed by atoms with Crippen LogP contribution in [0.1, 0.15) is 6.42 Å². The van der Waals surface area contributed by atoms with Crippen LogP contribution >= 0.6 is 0 Å². The van der Waals surface area contributed by atoms with Crippen molar-refractivity contribution in [2.45, 2.75) is 6.42 Å². The third-order valence-electron chi connectivity index (χ3n) is 0.848. The Morgan fingerprint density at radius 3 is 1.90 bits per heavy atom. The van der Waals surface area contributed by atoms with Crippen molar-refractivity contribution in [1.82, 2.24) is 0 Å². The Bertz CT molecular complexity index is 108. The normalized spacial score (nSPS) is 11.0. The van der Waals surface area contributed by atoms with Crippen molar-refractivity contribution >= 4 is 0 Å². The second kappa shape index (κ2) is 12.3. The zero-order valence-electron chi connectivity index (χ0n) is 5.90. The van der Waals surface area contributed by atoms with Crippen LogP contribution in [-0.4, -0.2) is 0 Å². The van der Waals surface area contributed by atoms with Crippen LogP contribution in [0.3, 0.4) is 0 Å². The van der Waals surface area contributed by atoms with E-state index >= 15 is 0 Å². The number of halogens is 2. The molecule has 3 heteroatoms. The van der Waals surface area contributed by atoms with Crippen LogP contribution in [0, 0.1) is 14.4 Å². The Hall–Kier alpha value is 0.644. The molecule has 56 valence electrons. The minimum absolute atomic E-state index is 0. The molecule has 0 aliphatic heterocycles. The Kier molecular flexibility index (Phi) is 27.7. The van der Waals surface area contributed by atoms with Crippen LogP contribution < -0.4 is 24.8 Å². The van der Waals surface area contributed by atoms with E-state index in [9.17, 15) is 0 Å². The molecular weight excluding hydrogens is 203 g/mol. The quantitative estimate of drug-likeness (QED) is 0.285. The van der Waals surface area contributed by atoms with Gasteiger partial charge >= 0.3 is 21.7 Å². The Balaban J connectivity index is -0.0000000450. The number of hydrogen-bond donors (Lipinski definition) is 0. The van der Waals surface area contributed by atoms with Crippen LogP contribution in [-0.2, 0) is 21.7 Å². The molecule has 0 spiro atoms. The minimum Gasteiger partial charge on any atom is -1.00 e. The first-order chi connectivity index (χ1) is 2.89. The van der Waals surface area contributed by atoms with Gasteiger partial charge in [0.15, 0.2) is 0 Å². The second-order valence-corrected chi connectivity index (χ2v) is 1.46. The van der Waals surface area contributed by atoms with E-state index < -0.39 is 0 Å². The summed E-state index contributed by atoms with van der Waals surface area (Å²) in [4.78, 5) is 0. The van der Waals surface area contributed by atoms with E-state index in [1.807, 2.05) is 12.2 Å². The van der Waals surface area contributed by atoms with Crippen LogP contribution in [0.25, 0.3) is 0 Å². The molecule has 0 atom stereocenters. The first kappa shape index (κ1) is 22.4. The molecule has 0 amide bonds. The summed E-state index contributed by atoms with van der Waals surface area (Å²) < 4.78 is 0. The molecule has 0 N–H and O–H groups in total. The van der Waals surface area contributed by atoms with Gasteiger partial charge < -0.3 is 32.2 Å². The zero-order valence-corrected chi connectivity index (χ0v) is 8.98. The molecule has 1 aliphatic carbocycles. The molecule has 0 radical (unpaired) electrons. The summed E-state index contributed by atoms with van der Waals surface area (Å²) in [5.41, 5.74) is 1.22. The van der Waals surface area contributed by atoms with Gasteiger partial charge in [0.05, 0.1) is 0 Å². The van der Waals surface area contributed by atoms with Crippen molar-refractivity contribution in [3.8, 4) is 0 Å². The molecule has 0 unspecified atom stereocenters. The van der Waals surface area contributed by atoms with E-state index in [2.05, 4.69) is 13.0 Å². The molecule has 0 aromatic heterocycles. The van der Waals surface area contributed by atoms with E-state index in [0.29, 0.717) is 0 Å². The van der Waals surface area contributed by atoms with Gasteiger partial charge in [0.1, 0.15) is 0 Å². The molecular formula is C7H10Cl2Ti. The summed E-state index contributed by atoms with van der Waals surface area (Å²) in [7, 11) is 0. The van der Waals surface area contributed by atoms with Crippen molar-refractivity contribution in [2.24, 2.45) is 0 Å². The second-order valence-electron chi connectivity index (χ2n) is 1.46. The van der Waals surface area contributed by atoms with Crippen molar-refractivity contribution < 1.29 is 46.5 Å². The van der Waals surface area contributed by atoms with Crippen LogP contribution in [0.4, 0.5) is 0 Å². The van der Waals surface area contributed by atoms with Crippen LogP contribution in [0.15, 0.2) is 23.8 Å². The molecule has 0 nitrogen and oxygen atoms in total. The van der Waals surface area contributed by atoms with E-state index in [1.54, 1.807) is 0 Å². The van der Waals surface area contributed by atoms with Crippen LogP contribution in [0.2, 0.25) is 0 Å². The molecule has 0 aromatic carbocycles. The van der Waals surface area contributed by atoms with E-state index in [1.165, 1.54) is 5.57 Å². The van der Waals surface area contributed by atoms with Gasteiger partial charge in [0.25, 0.3) is 0 Å². The van der Waals surface area contributed by atoms with Gasteiger partial charge in [-0.2, -0.15) is 0 Å². The summed E-state index contributed by atoms with van der Waals surface area (Å²) in [6.07, 6.45) is 7.21. The molecule has 1 aliphatic rings. The average molecular weight is 213 g/mol. The summed E-state index contributed by atoms with van der Waals surface area (Å²) >= 11 is 0. The van der Waals surface area contributed by atoms with Gasteiger partial charge in [-0.3, -0.25) is 0 Å². The maximum absolute atomic E-state index is 3.74. The van der Waals surface area contributed by atoms with Crippen molar-refractivity contribution in [1.29, 1.82) is 0 Å². The molecule has 1 rings (SSSR count). The fourth-order valence-electron chi connectivity index (χ4n) is 0.492. The maximum Gasteiger partial charge on any atom is 4.00 e. The summed E-state index contributed by atoms with van der Waals surface area (Å²) in [6, 6.07) is 0. The Morgan fingerprint density at radius 1 is 1.30 bits per heavy atom. The molecule has 0 saturated carbocycles. The molecule has 10 heavy (non-hydrogen) atoms. The molecule has 0 fully saturated rings. The van der Waals surface area contributed by atoms with E-state index in [-0.39, 0.29) is 54.0 Å². The largest absolute Gasteiger partial charge is 4.00 e. The first-order valence-corrected chi connectivity index (χ1v) is 2.07. The SMILES string of the molecule is [CH2-]C1=CC=CC1.[CH3-].[Cl-].[Cl-].[Ti+4]. The molecule has 0 aromatic rings. The summed E-state index contributed by atoms with van der Waals surface area (Å²) in [5, 5.41) is 0. The predicted octanol–water partition coefficient (Wildman–Crippen LogP) is -3.84. The minimum atomic E-state index is 0. The fraction of sp³-hybridized carbons (Fsp3) is 0.143. The van der Waals surface area contributed by atoms with Gasteiger partial charge in [-0.05, 0) is 6.42 Å². The van der Waals surface area contributed by atoms with E-state index in [4.69, 9.17) is 0 Å².